The van der Waals surface area contributed by atoms with Crippen molar-refractivity contribution in [3.8, 4) is 0 Å². The summed E-state index contributed by atoms with van der Waals surface area (Å²) in [7, 11) is 0. The van der Waals surface area contributed by atoms with Crippen LogP contribution in [0.4, 0.5) is 0 Å². The minimum atomic E-state index is -0.772. The summed E-state index contributed by atoms with van der Waals surface area (Å²) in [6.45, 7) is 2.76. The van der Waals surface area contributed by atoms with Gasteiger partial charge in [-0.15, -0.1) is 0 Å². The highest BCUT2D eigenvalue weighted by atomic mass is 16.8. The molecule has 0 amide bonds. The summed E-state index contributed by atoms with van der Waals surface area (Å²) in [5, 5.41) is 0. The van der Waals surface area contributed by atoms with E-state index in [-0.39, 0.29) is 31.3 Å². The molecule has 8 nitrogen and oxygen atoms in total. The fraction of sp³-hybridized carbons (Fsp3) is 0.750. The molecule has 1 spiro atoms. The van der Waals surface area contributed by atoms with Crippen LogP contribution < -0.4 is 0 Å². The van der Waals surface area contributed by atoms with Crippen LogP contribution in [-0.4, -0.2) is 62.1 Å². The van der Waals surface area contributed by atoms with Crippen LogP contribution in [0.15, 0.2) is 24.3 Å². The molecule has 0 aromatic carbocycles. The van der Waals surface area contributed by atoms with Crippen LogP contribution in [0, 0.1) is 5.92 Å². The van der Waals surface area contributed by atoms with E-state index >= 15 is 0 Å². The van der Waals surface area contributed by atoms with Gasteiger partial charge in [0.2, 0.25) is 0 Å². The van der Waals surface area contributed by atoms with Crippen LogP contribution in [0.2, 0.25) is 0 Å². The molecule has 4 fully saturated rings. The number of esters is 2. The molecule has 0 N–H and O–H groups in total. The highest BCUT2D eigenvalue weighted by Gasteiger charge is 2.46. The highest BCUT2D eigenvalue weighted by Crippen LogP contribution is 2.41. The number of allylic oxidation sites excluding steroid dienone is 1. The van der Waals surface area contributed by atoms with Crippen LogP contribution >= 0.6 is 0 Å². The lowest BCUT2D eigenvalue weighted by Crippen LogP contribution is -2.36. The van der Waals surface area contributed by atoms with E-state index in [1.165, 1.54) is 12.5 Å². The van der Waals surface area contributed by atoms with Gasteiger partial charge in [0, 0.05) is 25.5 Å². The quantitative estimate of drug-likeness (QED) is 0.332. The fourth-order valence-electron chi connectivity index (χ4n) is 4.72. The Balaban J connectivity index is 1.28. The molecule has 32 heavy (non-hydrogen) atoms. The van der Waals surface area contributed by atoms with Crippen molar-refractivity contribution >= 4 is 11.9 Å². The second kappa shape index (κ2) is 10.9. The molecule has 4 aliphatic rings. The number of carbonyl (C=O) groups is 2. The number of cyclic esters (lactones) is 1. The van der Waals surface area contributed by atoms with E-state index < -0.39 is 30.1 Å². The smallest absolute Gasteiger partial charge is 0.335 e. The van der Waals surface area contributed by atoms with E-state index in [0.717, 1.165) is 44.9 Å². The predicted octanol–water partition coefficient (Wildman–Crippen LogP) is 3.19. The van der Waals surface area contributed by atoms with E-state index in [4.69, 9.17) is 28.4 Å². The average Bonchev–Trinajstić information content (AvgIpc) is 3.32. The molecular weight excluding hydrogens is 416 g/mol. The van der Waals surface area contributed by atoms with Crippen molar-refractivity contribution in [1.29, 1.82) is 0 Å². The predicted molar refractivity (Wildman–Crippen MR) is 113 cm³/mol. The Morgan fingerprint density at radius 3 is 2.59 bits per heavy atom. The molecule has 0 aromatic heterocycles. The van der Waals surface area contributed by atoms with E-state index in [2.05, 4.69) is 0 Å². The first kappa shape index (κ1) is 23.4. The standard InChI is InChI=1S/C24H34O8/c1-2-8-18-19(32-24(31-18)12-5-3-6-13-24)10-11-20(25)28-15-17-16-29-23(26)22(17)30-21-9-4-7-14-27-21/h2,8,10-11,17-19,21-22H,3-7,9,12-16H2,1H3/b8-2+,11-10+/t17-,18+,19-,21?,22+/m1/s1. The summed E-state index contributed by atoms with van der Waals surface area (Å²) in [5.41, 5.74) is 0. The van der Waals surface area contributed by atoms with Crippen molar-refractivity contribution in [2.75, 3.05) is 19.8 Å². The number of hydrogen-bond acceptors (Lipinski definition) is 8. The molecule has 4 rings (SSSR count). The lowest BCUT2D eigenvalue weighted by molar-refractivity contribution is -0.200. The van der Waals surface area contributed by atoms with Gasteiger partial charge in [0.1, 0.15) is 25.4 Å². The van der Waals surface area contributed by atoms with Crippen molar-refractivity contribution in [3.63, 3.8) is 0 Å². The van der Waals surface area contributed by atoms with Crippen LogP contribution in [-0.2, 0) is 38.0 Å². The zero-order valence-corrected chi connectivity index (χ0v) is 18.7. The largest absolute Gasteiger partial charge is 0.463 e. The van der Waals surface area contributed by atoms with Gasteiger partial charge in [0.15, 0.2) is 18.2 Å². The topological polar surface area (TPSA) is 89.5 Å². The molecule has 1 unspecified atom stereocenters. The van der Waals surface area contributed by atoms with Gasteiger partial charge in [-0.2, -0.15) is 0 Å². The van der Waals surface area contributed by atoms with Crippen molar-refractivity contribution in [1.82, 2.24) is 0 Å². The minimum Gasteiger partial charge on any atom is -0.463 e. The number of hydrogen-bond donors (Lipinski definition) is 0. The highest BCUT2D eigenvalue weighted by molar-refractivity contribution is 5.82. The van der Waals surface area contributed by atoms with Gasteiger partial charge in [0.05, 0.1) is 5.92 Å². The first-order valence-corrected chi connectivity index (χ1v) is 11.9. The SMILES string of the molecule is C/C=C/[C@@H]1OC2(CCCCC2)O[C@@H]1/C=C/C(=O)OC[C@@H]1COC(=O)[C@H]1OC1CCCCO1. The van der Waals surface area contributed by atoms with Crippen LogP contribution in [0.1, 0.15) is 58.3 Å². The summed E-state index contributed by atoms with van der Waals surface area (Å²) >= 11 is 0. The van der Waals surface area contributed by atoms with Gasteiger partial charge in [-0.25, -0.2) is 9.59 Å². The molecule has 1 saturated carbocycles. The lowest BCUT2D eigenvalue weighted by atomic mass is 9.94. The molecule has 0 radical (unpaired) electrons. The Morgan fingerprint density at radius 1 is 1.09 bits per heavy atom. The second-order valence-corrected chi connectivity index (χ2v) is 8.89. The first-order chi connectivity index (χ1) is 15.6. The lowest BCUT2D eigenvalue weighted by Gasteiger charge is -2.31. The molecular formula is C24H34O8. The van der Waals surface area contributed by atoms with Crippen molar-refractivity contribution in [3.05, 3.63) is 24.3 Å². The van der Waals surface area contributed by atoms with Crippen molar-refractivity contribution in [2.24, 2.45) is 5.92 Å². The van der Waals surface area contributed by atoms with Crippen LogP contribution in [0.25, 0.3) is 0 Å². The molecule has 3 heterocycles. The third kappa shape index (κ3) is 5.78. The molecule has 3 aliphatic heterocycles. The van der Waals surface area contributed by atoms with Gasteiger partial charge in [-0.05, 0) is 45.1 Å². The maximum Gasteiger partial charge on any atom is 0.335 e. The average molecular weight is 451 g/mol. The summed E-state index contributed by atoms with van der Waals surface area (Å²) < 4.78 is 34.3. The van der Waals surface area contributed by atoms with E-state index in [9.17, 15) is 9.59 Å². The maximum absolute atomic E-state index is 12.4. The molecule has 0 aromatic rings. The molecule has 5 atom stereocenters. The Hall–Kier alpha value is -1.74. The van der Waals surface area contributed by atoms with Crippen LogP contribution in [0.5, 0.6) is 0 Å². The fourth-order valence-corrected chi connectivity index (χ4v) is 4.72. The summed E-state index contributed by atoms with van der Waals surface area (Å²) in [4.78, 5) is 24.4. The van der Waals surface area contributed by atoms with Gasteiger partial charge in [-0.1, -0.05) is 18.6 Å². The zero-order valence-electron chi connectivity index (χ0n) is 18.7. The molecule has 8 heteroatoms. The number of rotatable bonds is 7. The Bertz CT molecular complexity index is 705. The summed E-state index contributed by atoms with van der Waals surface area (Å²) in [5.74, 6) is -1.82. The third-order valence-corrected chi connectivity index (χ3v) is 6.42. The van der Waals surface area contributed by atoms with E-state index in [0.29, 0.717) is 6.61 Å². The van der Waals surface area contributed by atoms with E-state index in [1.54, 1.807) is 6.08 Å². The Morgan fingerprint density at radius 2 is 1.88 bits per heavy atom. The van der Waals surface area contributed by atoms with Gasteiger partial charge in [-0.3, -0.25) is 0 Å². The van der Waals surface area contributed by atoms with Gasteiger partial charge in [0.25, 0.3) is 0 Å². The Labute approximate surface area is 189 Å². The maximum atomic E-state index is 12.4. The van der Waals surface area contributed by atoms with E-state index in [1.807, 2.05) is 19.1 Å². The van der Waals surface area contributed by atoms with Crippen molar-refractivity contribution in [2.45, 2.75) is 88.7 Å². The van der Waals surface area contributed by atoms with Gasteiger partial charge < -0.3 is 28.4 Å². The normalized spacial score (nSPS) is 35.0. The first-order valence-electron chi connectivity index (χ1n) is 11.9. The summed E-state index contributed by atoms with van der Waals surface area (Å²) in [6.07, 6.45) is 13.1. The minimum absolute atomic E-state index is 0.0382. The Kier molecular flexibility index (Phi) is 7.99. The number of carbonyl (C=O) groups excluding carboxylic acids is 2. The monoisotopic (exact) mass is 450 g/mol. The molecule has 0 bridgehead atoms. The number of ether oxygens (including phenoxy) is 6. The zero-order chi connectivity index (χ0) is 22.4. The van der Waals surface area contributed by atoms with Gasteiger partial charge >= 0.3 is 11.9 Å². The molecule has 178 valence electrons. The second-order valence-electron chi connectivity index (χ2n) is 8.89. The van der Waals surface area contributed by atoms with Crippen LogP contribution in [0.3, 0.4) is 0 Å². The molecule has 3 saturated heterocycles. The summed E-state index contributed by atoms with van der Waals surface area (Å²) in [6, 6.07) is 0. The third-order valence-electron chi connectivity index (χ3n) is 6.42. The molecule has 1 aliphatic carbocycles. The van der Waals surface area contributed by atoms with Crippen molar-refractivity contribution < 1.29 is 38.0 Å².